The predicted octanol–water partition coefficient (Wildman–Crippen LogP) is 3.23. The molecule has 2 aromatic rings. The molecule has 0 heterocycles. The molecule has 0 aliphatic carbocycles. The number of esters is 1. The number of nitrogens with zero attached hydrogens (tertiary/aromatic N) is 1. The first-order valence-electron chi connectivity index (χ1n) is 9.29. The Kier molecular flexibility index (Phi) is 7.75. The van der Waals surface area contributed by atoms with Gasteiger partial charge in [-0.2, -0.15) is 0 Å². The Morgan fingerprint density at radius 1 is 1.04 bits per heavy atom. The van der Waals surface area contributed by atoms with Crippen molar-refractivity contribution in [3.63, 3.8) is 0 Å². The third-order valence-electron chi connectivity index (χ3n) is 4.24. The van der Waals surface area contributed by atoms with E-state index in [0.29, 0.717) is 17.8 Å². The van der Waals surface area contributed by atoms with Crippen molar-refractivity contribution in [1.82, 2.24) is 5.32 Å². The fourth-order valence-electron chi connectivity index (χ4n) is 2.75. The van der Waals surface area contributed by atoms with Crippen molar-refractivity contribution in [3.05, 3.63) is 65.2 Å². The van der Waals surface area contributed by atoms with Crippen LogP contribution in [-0.2, 0) is 20.9 Å². The van der Waals surface area contributed by atoms with Gasteiger partial charge in [-0.25, -0.2) is 4.79 Å². The van der Waals surface area contributed by atoms with E-state index in [-0.39, 0.29) is 31.4 Å². The summed E-state index contributed by atoms with van der Waals surface area (Å²) < 4.78 is 5.06. The van der Waals surface area contributed by atoms with Gasteiger partial charge >= 0.3 is 5.97 Å². The van der Waals surface area contributed by atoms with Crippen LogP contribution in [0.15, 0.2) is 48.5 Å². The van der Waals surface area contributed by atoms with Crippen LogP contribution < -0.4 is 10.2 Å². The number of nitrogens with one attached hydrogen (secondary N) is 1. The molecule has 6 nitrogen and oxygen atoms in total. The first-order valence-corrected chi connectivity index (χ1v) is 9.29. The number of ether oxygens (including phenoxy) is 1. The highest BCUT2D eigenvalue weighted by atomic mass is 16.5. The van der Waals surface area contributed by atoms with E-state index >= 15 is 0 Å². The van der Waals surface area contributed by atoms with Gasteiger partial charge in [0.2, 0.25) is 11.8 Å². The second kappa shape index (κ2) is 10.3. The summed E-state index contributed by atoms with van der Waals surface area (Å²) in [6.07, 6.45) is 0.128. The van der Waals surface area contributed by atoms with E-state index in [1.807, 2.05) is 31.2 Å². The number of anilines is 1. The van der Waals surface area contributed by atoms with Gasteiger partial charge in [0.15, 0.2) is 0 Å². The second-order valence-electron chi connectivity index (χ2n) is 6.42. The van der Waals surface area contributed by atoms with E-state index in [9.17, 15) is 14.4 Å². The topological polar surface area (TPSA) is 75.7 Å². The molecule has 0 bridgehead atoms. The molecule has 0 fully saturated rings. The Balaban J connectivity index is 2.01. The van der Waals surface area contributed by atoms with Crippen LogP contribution >= 0.6 is 0 Å². The smallest absolute Gasteiger partial charge is 0.340 e. The summed E-state index contributed by atoms with van der Waals surface area (Å²) >= 11 is 0. The summed E-state index contributed by atoms with van der Waals surface area (Å²) in [5.41, 5.74) is 2.92. The number of hydrogen-bond acceptors (Lipinski definition) is 4. The van der Waals surface area contributed by atoms with Gasteiger partial charge in [0.1, 0.15) is 0 Å². The average molecular weight is 382 g/mol. The maximum Gasteiger partial charge on any atom is 0.340 e. The van der Waals surface area contributed by atoms with Crippen molar-refractivity contribution in [1.29, 1.82) is 0 Å². The van der Waals surface area contributed by atoms with E-state index in [1.54, 1.807) is 31.2 Å². The highest BCUT2D eigenvalue weighted by molar-refractivity contribution is 6.02. The number of aryl methyl sites for hydroxylation is 1. The first-order chi connectivity index (χ1) is 13.4. The molecule has 0 saturated carbocycles. The van der Waals surface area contributed by atoms with E-state index in [0.717, 1.165) is 11.1 Å². The Bertz CT molecular complexity index is 831. The second-order valence-corrected chi connectivity index (χ2v) is 6.42. The summed E-state index contributed by atoms with van der Waals surface area (Å²) in [7, 11) is 0. The maximum atomic E-state index is 12.2. The van der Waals surface area contributed by atoms with Gasteiger partial charge in [0.25, 0.3) is 0 Å². The quantitative estimate of drug-likeness (QED) is 0.711. The fraction of sp³-hybridized carbons (Fsp3) is 0.318. The van der Waals surface area contributed by atoms with Gasteiger partial charge in [-0.3, -0.25) is 9.59 Å². The lowest BCUT2D eigenvalue weighted by Crippen LogP contribution is -2.34. The van der Waals surface area contributed by atoms with Crippen molar-refractivity contribution in [3.8, 4) is 0 Å². The molecule has 1 N–H and O–H groups in total. The molecule has 0 aromatic heterocycles. The van der Waals surface area contributed by atoms with Gasteiger partial charge in [0.05, 0.1) is 17.9 Å². The number of carbonyl (C=O) groups excluding carboxylic acids is 3. The minimum atomic E-state index is -0.492. The molecule has 0 aliphatic rings. The molecular weight excluding hydrogens is 356 g/mol. The molecule has 2 rings (SSSR count). The van der Waals surface area contributed by atoms with Crippen LogP contribution in [0.4, 0.5) is 5.69 Å². The van der Waals surface area contributed by atoms with Crippen molar-refractivity contribution in [2.24, 2.45) is 0 Å². The molecule has 0 aliphatic heterocycles. The zero-order valence-electron chi connectivity index (χ0n) is 16.5. The van der Waals surface area contributed by atoms with E-state index in [4.69, 9.17) is 4.74 Å². The fourth-order valence-corrected chi connectivity index (χ4v) is 2.75. The summed E-state index contributed by atoms with van der Waals surface area (Å²) in [5.74, 6) is -0.906. The number of carbonyl (C=O) groups is 3. The highest BCUT2D eigenvalue weighted by Crippen LogP contribution is 2.22. The Hall–Kier alpha value is -3.15. The Morgan fingerprint density at radius 2 is 1.71 bits per heavy atom. The summed E-state index contributed by atoms with van der Waals surface area (Å²) in [6.45, 7) is 5.99. The minimum Gasteiger partial charge on any atom is -0.462 e. The molecule has 0 spiro atoms. The molecule has 6 heteroatoms. The van der Waals surface area contributed by atoms with Gasteiger partial charge < -0.3 is 15.0 Å². The average Bonchev–Trinajstić information content (AvgIpc) is 2.68. The number of para-hydroxylation sites is 1. The molecule has 0 atom stereocenters. The molecule has 0 saturated heterocycles. The van der Waals surface area contributed by atoms with Crippen LogP contribution in [-0.4, -0.2) is 30.9 Å². The van der Waals surface area contributed by atoms with Gasteiger partial charge in [-0.05, 0) is 31.5 Å². The molecule has 148 valence electrons. The van der Waals surface area contributed by atoms with Gasteiger partial charge in [0, 0.05) is 26.4 Å². The number of hydrogen-bond donors (Lipinski definition) is 1. The largest absolute Gasteiger partial charge is 0.462 e. The molecule has 0 unspecified atom stereocenters. The lowest BCUT2D eigenvalue weighted by molar-refractivity contribution is -0.121. The van der Waals surface area contributed by atoms with Crippen molar-refractivity contribution in [2.45, 2.75) is 33.7 Å². The number of rotatable bonds is 8. The van der Waals surface area contributed by atoms with Gasteiger partial charge in [-0.15, -0.1) is 0 Å². The SMILES string of the molecule is CCOC(=O)c1ccccc1N(CCC(=O)NCc1ccc(C)cc1)C(C)=O. The van der Waals surface area contributed by atoms with E-state index in [1.165, 1.54) is 11.8 Å². The molecule has 0 radical (unpaired) electrons. The monoisotopic (exact) mass is 382 g/mol. The molecule has 2 amide bonds. The van der Waals surface area contributed by atoms with Crippen molar-refractivity contribution >= 4 is 23.5 Å². The number of benzene rings is 2. The normalized spacial score (nSPS) is 10.2. The van der Waals surface area contributed by atoms with Crippen LogP contribution in [0, 0.1) is 6.92 Å². The zero-order chi connectivity index (χ0) is 20.5. The summed E-state index contributed by atoms with van der Waals surface area (Å²) in [6, 6.07) is 14.7. The van der Waals surface area contributed by atoms with Crippen molar-refractivity contribution in [2.75, 3.05) is 18.1 Å². The Labute approximate surface area is 165 Å². The summed E-state index contributed by atoms with van der Waals surface area (Å²) in [4.78, 5) is 38.0. The van der Waals surface area contributed by atoms with Crippen LogP contribution in [0.1, 0.15) is 41.8 Å². The predicted molar refractivity (Wildman–Crippen MR) is 108 cm³/mol. The number of amides is 2. The maximum absolute atomic E-state index is 12.2. The first kappa shape index (κ1) is 21.2. The molecule has 2 aromatic carbocycles. The zero-order valence-corrected chi connectivity index (χ0v) is 16.5. The van der Waals surface area contributed by atoms with Crippen molar-refractivity contribution < 1.29 is 19.1 Å². The van der Waals surface area contributed by atoms with Crippen LogP contribution in [0.25, 0.3) is 0 Å². The lowest BCUT2D eigenvalue weighted by Gasteiger charge is -2.23. The van der Waals surface area contributed by atoms with Crippen LogP contribution in [0.3, 0.4) is 0 Å². The highest BCUT2D eigenvalue weighted by Gasteiger charge is 2.20. The van der Waals surface area contributed by atoms with Gasteiger partial charge in [-0.1, -0.05) is 42.0 Å². The standard InChI is InChI=1S/C22H26N2O4/c1-4-28-22(27)19-7-5-6-8-20(19)24(17(3)25)14-13-21(26)23-15-18-11-9-16(2)10-12-18/h5-12H,4,13-15H2,1-3H3,(H,23,26). The molecular formula is C22H26N2O4. The third kappa shape index (κ3) is 5.94. The minimum absolute atomic E-state index is 0.128. The van der Waals surface area contributed by atoms with Crippen LogP contribution in [0.2, 0.25) is 0 Å². The Morgan fingerprint density at radius 3 is 2.36 bits per heavy atom. The van der Waals surface area contributed by atoms with Crippen LogP contribution in [0.5, 0.6) is 0 Å². The molecule has 28 heavy (non-hydrogen) atoms. The lowest BCUT2D eigenvalue weighted by atomic mass is 10.1. The third-order valence-corrected chi connectivity index (χ3v) is 4.24. The van der Waals surface area contributed by atoms with E-state index in [2.05, 4.69) is 5.32 Å². The summed E-state index contributed by atoms with van der Waals surface area (Å²) in [5, 5.41) is 2.85. The van der Waals surface area contributed by atoms with E-state index < -0.39 is 5.97 Å².